The Bertz CT molecular complexity index is 17.2. The second-order valence-electron chi connectivity index (χ2n) is 0.322. The van der Waals surface area contributed by atoms with Crippen LogP contribution in [0, 0.1) is 13.3 Å². The minimum absolute atomic E-state index is 0.514. The number of hydrogen-bond acceptors (Lipinski definition) is 1. The molecule has 1 nitrogen and oxygen atoms in total. The summed E-state index contributed by atoms with van der Waals surface area (Å²) < 4.78 is 0. The molecule has 3 radical (unpaired) electrons. The Hall–Kier alpha value is -0.330. The van der Waals surface area contributed by atoms with Gasteiger partial charge in [0.25, 0.3) is 0 Å². The third kappa shape index (κ3) is 1.67. The minimum atomic E-state index is 0.514. The number of aldehydes is 1. The van der Waals surface area contributed by atoms with E-state index in [-0.39, 0.29) is 0 Å². The van der Waals surface area contributed by atoms with Crippen LogP contribution in [0.25, 0.3) is 0 Å². The summed E-state index contributed by atoms with van der Waals surface area (Å²) >= 11 is 0. The summed E-state index contributed by atoms with van der Waals surface area (Å²) in [6.45, 7) is 2.99. The molecule has 0 aliphatic heterocycles. The zero-order valence-corrected chi connectivity index (χ0v) is 2.19. The third-order valence-electron chi connectivity index (χ3n) is 0.0833. The Morgan fingerprint density at radius 1 is 2.00 bits per heavy atom. The van der Waals surface area contributed by atoms with Gasteiger partial charge in [0.15, 0.2) is 0 Å². The number of hydrogen-bond donors (Lipinski definition) is 0. The first-order valence-corrected chi connectivity index (χ1v) is 0.878. The SMILES string of the molecule is [CH2][C]C=O. The van der Waals surface area contributed by atoms with Crippen molar-refractivity contribution < 1.29 is 4.79 Å². The molecule has 0 amide bonds. The first-order valence-electron chi connectivity index (χ1n) is 0.878. The molecule has 0 saturated heterocycles. The second kappa shape index (κ2) is 2.67. The normalized spacial score (nSPS) is 6.25. The van der Waals surface area contributed by atoms with E-state index in [4.69, 9.17) is 4.79 Å². The first-order chi connectivity index (χ1) is 1.91. The monoisotopic (exact) mass is 55.0 g/mol. The van der Waals surface area contributed by atoms with E-state index in [1.807, 2.05) is 6.42 Å². The molecule has 4 heavy (non-hydrogen) atoms. The molecule has 0 saturated carbocycles. The van der Waals surface area contributed by atoms with Crippen LogP contribution < -0.4 is 0 Å². The highest BCUT2D eigenvalue weighted by atomic mass is 16.1. The van der Waals surface area contributed by atoms with Crippen molar-refractivity contribution in [3.63, 3.8) is 0 Å². The molecule has 0 aliphatic rings. The summed E-state index contributed by atoms with van der Waals surface area (Å²) in [6.07, 6.45) is 2.51. The zero-order valence-electron chi connectivity index (χ0n) is 2.19. The molecule has 21 valence electrons. The molecule has 0 fully saturated rings. The molecule has 0 bridgehead atoms. The summed E-state index contributed by atoms with van der Waals surface area (Å²) in [5.41, 5.74) is 0. The molecule has 0 N–H and O–H groups in total. The van der Waals surface area contributed by atoms with Crippen LogP contribution in [0.4, 0.5) is 0 Å². The van der Waals surface area contributed by atoms with E-state index >= 15 is 0 Å². The second-order valence-corrected chi connectivity index (χ2v) is 0.322. The maximum Gasteiger partial charge on any atom is 0.128 e. The van der Waals surface area contributed by atoms with E-state index in [1.165, 1.54) is 0 Å². The quantitative estimate of drug-likeness (QED) is 0.389. The van der Waals surface area contributed by atoms with Crippen molar-refractivity contribution in [2.24, 2.45) is 0 Å². The van der Waals surface area contributed by atoms with Crippen LogP contribution in [0.2, 0.25) is 0 Å². The lowest BCUT2D eigenvalue weighted by molar-refractivity contribution is -0.104. The molecule has 0 aliphatic carbocycles. The maximum absolute atomic E-state index is 9.00. The van der Waals surface area contributed by atoms with Gasteiger partial charge in [-0.1, -0.05) is 0 Å². The van der Waals surface area contributed by atoms with Gasteiger partial charge in [-0.2, -0.15) is 0 Å². The number of carbonyl (C=O) groups excluding carboxylic acids is 1. The smallest absolute Gasteiger partial charge is 0.128 e. The predicted molar refractivity (Wildman–Crippen MR) is 14.7 cm³/mol. The van der Waals surface area contributed by atoms with Crippen molar-refractivity contribution in [1.82, 2.24) is 0 Å². The highest BCUT2D eigenvalue weighted by molar-refractivity contribution is 5.61. The third-order valence-corrected chi connectivity index (χ3v) is 0.0833. The van der Waals surface area contributed by atoms with E-state index in [2.05, 4.69) is 6.92 Å². The van der Waals surface area contributed by atoms with Crippen molar-refractivity contribution >= 4 is 6.29 Å². The van der Waals surface area contributed by atoms with Gasteiger partial charge < -0.3 is 4.79 Å². The van der Waals surface area contributed by atoms with Crippen LogP contribution in [-0.2, 0) is 4.79 Å². The molecular weight excluding hydrogens is 52.0 g/mol. The summed E-state index contributed by atoms with van der Waals surface area (Å²) in [6, 6.07) is 0. The van der Waals surface area contributed by atoms with Gasteiger partial charge in [0.05, 0.1) is 6.42 Å². The van der Waals surface area contributed by atoms with E-state index in [1.54, 1.807) is 0 Å². The average molecular weight is 55.1 g/mol. The van der Waals surface area contributed by atoms with Gasteiger partial charge >= 0.3 is 0 Å². The largest absolute Gasteiger partial charge is 0.303 e. The van der Waals surface area contributed by atoms with Crippen LogP contribution in [0.3, 0.4) is 0 Å². The lowest BCUT2D eigenvalue weighted by atomic mass is 10.6. The Labute approximate surface area is 25.6 Å². The van der Waals surface area contributed by atoms with E-state index in [0.717, 1.165) is 0 Å². The van der Waals surface area contributed by atoms with Crippen LogP contribution in [0.1, 0.15) is 0 Å². The molecule has 0 spiro atoms. The molecular formula is C3H3O. The Morgan fingerprint density at radius 3 is 2.25 bits per heavy atom. The molecule has 0 aromatic rings. The summed E-state index contributed by atoms with van der Waals surface area (Å²) in [5.74, 6) is 0. The fraction of sp³-hybridized carbons (Fsp3) is 0. The van der Waals surface area contributed by atoms with Crippen molar-refractivity contribution in [2.75, 3.05) is 0 Å². The predicted octanol–water partition coefficient (Wildman–Crippen LogP) is 0.101. The van der Waals surface area contributed by atoms with Crippen LogP contribution in [0.15, 0.2) is 0 Å². The van der Waals surface area contributed by atoms with Crippen molar-refractivity contribution in [3.05, 3.63) is 13.3 Å². The van der Waals surface area contributed by atoms with E-state index in [0.29, 0.717) is 6.29 Å². The average Bonchev–Trinajstić information content (AvgIpc) is 1.37. The van der Waals surface area contributed by atoms with Gasteiger partial charge in [-0.25, -0.2) is 0 Å². The Kier molecular flexibility index (Phi) is 2.45. The maximum atomic E-state index is 9.00. The molecule has 1 heteroatoms. The van der Waals surface area contributed by atoms with Crippen LogP contribution >= 0.6 is 0 Å². The Balaban J connectivity index is 2.30. The lowest BCUT2D eigenvalue weighted by Crippen LogP contribution is -1.58. The number of rotatable bonds is 1. The van der Waals surface area contributed by atoms with E-state index in [9.17, 15) is 0 Å². The fourth-order valence-electron chi connectivity index (χ4n) is 0. The minimum Gasteiger partial charge on any atom is -0.303 e. The van der Waals surface area contributed by atoms with E-state index < -0.39 is 0 Å². The number of carbonyl (C=O) groups is 1. The molecule has 0 unspecified atom stereocenters. The van der Waals surface area contributed by atoms with Crippen molar-refractivity contribution in [3.8, 4) is 0 Å². The van der Waals surface area contributed by atoms with Gasteiger partial charge in [0, 0.05) is 0 Å². The summed E-state index contributed by atoms with van der Waals surface area (Å²) in [4.78, 5) is 9.00. The fourth-order valence-corrected chi connectivity index (χ4v) is 0. The lowest BCUT2D eigenvalue weighted by Gasteiger charge is -1.48. The standard InChI is InChI=1S/C3H3O/c1-2-3-4/h3H,1H2. The molecule has 0 aromatic heterocycles. The van der Waals surface area contributed by atoms with Gasteiger partial charge in [-0.15, -0.1) is 0 Å². The molecule has 0 heterocycles. The van der Waals surface area contributed by atoms with Gasteiger partial charge in [-0.05, 0) is 6.92 Å². The zero-order chi connectivity index (χ0) is 3.41. The van der Waals surface area contributed by atoms with Gasteiger partial charge in [0.1, 0.15) is 6.29 Å². The highest BCUT2D eigenvalue weighted by Gasteiger charge is 1.55. The molecule has 0 atom stereocenters. The molecule has 0 rings (SSSR count). The highest BCUT2D eigenvalue weighted by Crippen LogP contribution is 1.48. The Morgan fingerprint density at radius 2 is 2.25 bits per heavy atom. The van der Waals surface area contributed by atoms with Crippen molar-refractivity contribution in [2.45, 2.75) is 0 Å². The summed E-state index contributed by atoms with van der Waals surface area (Å²) in [5, 5.41) is 0. The first kappa shape index (κ1) is 3.67. The van der Waals surface area contributed by atoms with Crippen LogP contribution in [0.5, 0.6) is 0 Å². The summed E-state index contributed by atoms with van der Waals surface area (Å²) in [7, 11) is 0. The van der Waals surface area contributed by atoms with Gasteiger partial charge in [0.2, 0.25) is 0 Å². The molecule has 0 aromatic carbocycles. The topological polar surface area (TPSA) is 17.1 Å². The van der Waals surface area contributed by atoms with Crippen molar-refractivity contribution in [1.29, 1.82) is 0 Å². The van der Waals surface area contributed by atoms with Gasteiger partial charge in [-0.3, -0.25) is 0 Å². The van der Waals surface area contributed by atoms with Crippen LogP contribution in [-0.4, -0.2) is 6.29 Å².